The van der Waals surface area contributed by atoms with E-state index in [9.17, 15) is 9.59 Å². The first-order valence-corrected chi connectivity index (χ1v) is 11.4. The lowest BCUT2D eigenvalue weighted by atomic mass is 10.0. The molecule has 0 aromatic heterocycles. The van der Waals surface area contributed by atoms with E-state index in [1.165, 1.54) is 29.2 Å². The lowest BCUT2D eigenvalue weighted by Gasteiger charge is -2.22. The molecule has 1 amide bonds. The summed E-state index contributed by atoms with van der Waals surface area (Å²) in [7, 11) is 0. The number of hydrogen-bond acceptors (Lipinski definition) is 4. The fraction of sp³-hybridized carbons (Fsp3) is 0.333. The topological polar surface area (TPSA) is 58.6 Å². The third-order valence-corrected chi connectivity index (χ3v) is 5.76. The normalized spacial score (nSPS) is 13.3. The van der Waals surface area contributed by atoms with Crippen molar-refractivity contribution in [3.05, 3.63) is 77.9 Å². The number of hydrogen-bond donors (Lipinski definition) is 1. The van der Waals surface area contributed by atoms with E-state index in [4.69, 9.17) is 4.74 Å². The standard InChI is InChI=1S/C27H30N2O3/c1-2-17-32-27(31)21-9-6-11-23(18-21)28-26(30)15-16-29(24-13-14-24)19-22-10-5-8-20-7-3-4-12-25(20)22/h3-12,18,24H,2,13-17,19H2,1H3,(H,28,30). The van der Waals surface area contributed by atoms with E-state index in [2.05, 4.69) is 52.7 Å². The number of anilines is 1. The van der Waals surface area contributed by atoms with Gasteiger partial charge >= 0.3 is 5.97 Å². The maximum atomic E-state index is 12.6. The van der Waals surface area contributed by atoms with Gasteiger partial charge in [0.2, 0.25) is 5.91 Å². The van der Waals surface area contributed by atoms with Gasteiger partial charge in [-0.2, -0.15) is 0 Å². The number of ether oxygens (including phenoxy) is 1. The molecular formula is C27H30N2O3. The predicted octanol–water partition coefficient (Wildman–Crippen LogP) is 5.40. The molecule has 0 spiro atoms. The van der Waals surface area contributed by atoms with Crippen molar-refractivity contribution in [3.8, 4) is 0 Å². The number of nitrogens with zero attached hydrogens (tertiary/aromatic N) is 1. The number of esters is 1. The number of nitrogens with one attached hydrogen (secondary N) is 1. The highest BCUT2D eigenvalue weighted by atomic mass is 16.5. The molecule has 0 unspecified atom stereocenters. The Morgan fingerprint density at radius 3 is 2.62 bits per heavy atom. The molecule has 0 saturated heterocycles. The zero-order valence-corrected chi connectivity index (χ0v) is 18.5. The highest BCUT2D eigenvalue weighted by Gasteiger charge is 2.29. The Labute approximate surface area is 189 Å². The summed E-state index contributed by atoms with van der Waals surface area (Å²) in [5.74, 6) is -0.411. The van der Waals surface area contributed by atoms with Crippen molar-refractivity contribution in [1.29, 1.82) is 0 Å². The zero-order chi connectivity index (χ0) is 22.3. The van der Waals surface area contributed by atoms with Gasteiger partial charge < -0.3 is 10.1 Å². The van der Waals surface area contributed by atoms with Gasteiger partial charge in [0.1, 0.15) is 0 Å². The first-order valence-electron chi connectivity index (χ1n) is 11.4. The molecule has 0 atom stereocenters. The minimum atomic E-state index is -0.363. The highest BCUT2D eigenvalue weighted by Crippen LogP contribution is 2.30. The van der Waals surface area contributed by atoms with Gasteiger partial charge in [-0.25, -0.2) is 4.79 Å². The average molecular weight is 431 g/mol. The molecule has 1 aliphatic carbocycles. The Morgan fingerprint density at radius 2 is 1.81 bits per heavy atom. The molecule has 0 bridgehead atoms. The fourth-order valence-corrected chi connectivity index (χ4v) is 3.95. The maximum Gasteiger partial charge on any atom is 0.338 e. The van der Waals surface area contributed by atoms with Crippen molar-refractivity contribution < 1.29 is 14.3 Å². The Hall–Kier alpha value is -3.18. The van der Waals surface area contributed by atoms with Crippen LogP contribution in [0.2, 0.25) is 0 Å². The second kappa shape index (κ2) is 10.4. The minimum Gasteiger partial charge on any atom is -0.462 e. The second-order valence-corrected chi connectivity index (χ2v) is 8.35. The van der Waals surface area contributed by atoms with Crippen LogP contribution in [0.25, 0.3) is 10.8 Å². The quantitative estimate of drug-likeness (QED) is 0.438. The van der Waals surface area contributed by atoms with Crippen LogP contribution in [0.1, 0.15) is 48.5 Å². The molecule has 4 rings (SSSR count). The zero-order valence-electron chi connectivity index (χ0n) is 18.5. The second-order valence-electron chi connectivity index (χ2n) is 8.35. The summed E-state index contributed by atoms with van der Waals surface area (Å²) in [6.07, 6.45) is 3.56. The fourth-order valence-electron chi connectivity index (χ4n) is 3.95. The van der Waals surface area contributed by atoms with Crippen molar-refractivity contribution in [3.63, 3.8) is 0 Å². The van der Waals surface area contributed by atoms with Crippen molar-refractivity contribution in [2.75, 3.05) is 18.5 Å². The van der Waals surface area contributed by atoms with E-state index in [1.807, 2.05) is 6.92 Å². The van der Waals surface area contributed by atoms with E-state index in [0.717, 1.165) is 13.0 Å². The number of rotatable bonds is 10. The molecular weight excluding hydrogens is 400 g/mol. The predicted molar refractivity (Wildman–Crippen MR) is 128 cm³/mol. The molecule has 1 N–H and O–H groups in total. The van der Waals surface area contributed by atoms with E-state index in [1.54, 1.807) is 24.3 Å². The molecule has 1 saturated carbocycles. The van der Waals surface area contributed by atoms with Crippen LogP contribution in [0, 0.1) is 0 Å². The number of carbonyl (C=O) groups is 2. The lowest BCUT2D eigenvalue weighted by Crippen LogP contribution is -2.29. The van der Waals surface area contributed by atoms with Crippen LogP contribution in [-0.2, 0) is 16.1 Å². The molecule has 32 heavy (non-hydrogen) atoms. The van der Waals surface area contributed by atoms with Crippen molar-refractivity contribution >= 4 is 28.3 Å². The van der Waals surface area contributed by atoms with Gasteiger partial charge in [-0.15, -0.1) is 0 Å². The average Bonchev–Trinajstić information content (AvgIpc) is 3.66. The summed E-state index contributed by atoms with van der Waals surface area (Å²) < 4.78 is 5.18. The third-order valence-electron chi connectivity index (χ3n) is 5.76. The van der Waals surface area contributed by atoms with Crippen LogP contribution in [0.15, 0.2) is 66.7 Å². The van der Waals surface area contributed by atoms with E-state index < -0.39 is 0 Å². The first-order chi connectivity index (χ1) is 15.6. The maximum absolute atomic E-state index is 12.6. The van der Waals surface area contributed by atoms with Crippen molar-refractivity contribution in [2.45, 2.75) is 45.2 Å². The van der Waals surface area contributed by atoms with Crippen LogP contribution >= 0.6 is 0 Å². The number of fused-ring (bicyclic) bond motifs is 1. The van der Waals surface area contributed by atoms with Gasteiger partial charge in [0.05, 0.1) is 12.2 Å². The van der Waals surface area contributed by atoms with Crippen LogP contribution in [-0.4, -0.2) is 36.0 Å². The van der Waals surface area contributed by atoms with Crippen LogP contribution in [0.5, 0.6) is 0 Å². The smallest absolute Gasteiger partial charge is 0.338 e. The summed E-state index contributed by atoms with van der Waals surface area (Å²) in [4.78, 5) is 27.1. The lowest BCUT2D eigenvalue weighted by molar-refractivity contribution is -0.116. The van der Waals surface area contributed by atoms with Crippen LogP contribution in [0.3, 0.4) is 0 Å². The van der Waals surface area contributed by atoms with Crippen LogP contribution < -0.4 is 5.32 Å². The number of carbonyl (C=O) groups excluding carboxylic acids is 2. The summed E-state index contributed by atoms with van der Waals surface area (Å²) >= 11 is 0. The van der Waals surface area contributed by atoms with Crippen molar-refractivity contribution in [1.82, 2.24) is 4.90 Å². The largest absolute Gasteiger partial charge is 0.462 e. The molecule has 5 heteroatoms. The molecule has 0 radical (unpaired) electrons. The summed E-state index contributed by atoms with van der Waals surface area (Å²) in [5.41, 5.74) is 2.37. The molecule has 0 aliphatic heterocycles. The third kappa shape index (κ3) is 5.74. The Kier molecular flexibility index (Phi) is 7.17. The van der Waals surface area contributed by atoms with Gasteiger partial charge in [0.15, 0.2) is 0 Å². The Balaban J connectivity index is 1.35. The number of amides is 1. The highest BCUT2D eigenvalue weighted by molar-refractivity contribution is 5.94. The summed E-state index contributed by atoms with van der Waals surface area (Å²) in [5, 5.41) is 5.45. The minimum absolute atomic E-state index is 0.0485. The molecule has 3 aromatic rings. The molecule has 1 aliphatic rings. The van der Waals surface area contributed by atoms with Crippen molar-refractivity contribution in [2.24, 2.45) is 0 Å². The van der Waals surface area contributed by atoms with Gasteiger partial charge in [-0.3, -0.25) is 9.69 Å². The summed E-state index contributed by atoms with van der Waals surface area (Å²) in [6.45, 7) is 3.90. The molecule has 1 fully saturated rings. The van der Waals surface area contributed by atoms with Gasteiger partial charge in [-0.1, -0.05) is 55.5 Å². The Morgan fingerprint density at radius 1 is 1.03 bits per heavy atom. The molecule has 5 nitrogen and oxygen atoms in total. The molecule has 0 heterocycles. The Bertz CT molecular complexity index is 1090. The van der Waals surface area contributed by atoms with Gasteiger partial charge in [0.25, 0.3) is 0 Å². The number of benzene rings is 3. The van der Waals surface area contributed by atoms with E-state index in [0.29, 0.717) is 36.9 Å². The van der Waals surface area contributed by atoms with E-state index in [-0.39, 0.29) is 11.9 Å². The monoisotopic (exact) mass is 430 g/mol. The van der Waals surface area contributed by atoms with E-state index >= 15 is 0 Å². The first kappa shape index (κ1) is 22.0. The van der Waals surface area contributed by atoms with Gasteiger partial charge in [0, 0.05) is 31.2 Å². The SMILES string of the molecule is CCCOC(=O)c1cccc(NC(=O)CCN(Cc2cccc3ccccc23)C2CC2)c1. The molecule has 166 valence electrons. The molecule has 3 aromatic carbocycles. The summed E-state index contributed by atoms with van der Waals surface area (Å²) in [6, 6.07) is 22.4. The van der Waals surface area contributed by atoms with Crippen LogP contribution in [0.4, 0.5) is 5.69 Å². The van der Waals surface area contributed by atoms with Gasteiger partial charge in [-0.05, 0) is 53.8 Å².